The van der Waals surface area contributed by atoms with E-state index in [1.807, 2.05) is 19.9 Å². The fourth-order valence-electron chi connectivity index (χ4n) is 1.58. The first-order valence-electron chi connectivity index (χ1n) is 5.46. The first kappa shape index (κ1) is 10.6. The smallest absolute Gasteiger partial charge is 0.101 e. The Kier molecular flexibility index (Phi) is 2.76. The van der Waals surface area contributed by atoms with E-state index in [9.17, 15) is 5.11 Å². The number of nitrogens with one attached hydrogen (secondary N) is 1. The van der Waals surface area contributed by atoms with Gasteiger partial charge in [-0.15, -0.1) is 0 Å². The van der Waals surface area contributed by atoms with Gasteiger partial charge in [0.25, 0.3) is 0 Å². The van der Waals surface area contributed by atoms with E-state index < -0.39 is 5.60 Å². The summed E-state index contributed by atoms with van der Waals surface area (Å²) in [5.74, 6) is 0. The van der Waals surface area contributed by atoms with Gasteiger partial charge >= 0.3 is 0 Å². The topological polar surface area (TPSA) is 45.2 Å². The third-order valence-electron chi connectivity index (χ3n) is 2.81. The van der Waals surface area contributed by atoms with Crippen LogP contribution in [0, 0.1) is 6.92 Å². The van der Waals surface area contributed by atoms with Crippen LogP contribution >= 0.6 is 0 Å². The van der Waals surface area contributed by atoms with Gasteiger partial charge in [0.15, 0.2) is 0 Å². The van der Waals surface area contributed by atoms with Gasteiger partial charge in [0.05, 0.1) is 0 Å². The van der Waals surface area contributed by atoms with Gasteiger partial charge in [-0.2, -0.15) is 0 Å². The molecule has 0 radical (unpaired) electrons. The maximum Gasteiger partial charge on any atom is 0.101 e. The number of aryl methyl sites for hydroxylation is 1. The lowest BCUT2D eigenvalue weighted by Crippen LogP contribution is -2.36. The summed E-state index contributed by atoms with van der Waals surface area (Å²) in [6.45, 7) is 4.42. The number of pyridine rings is 1. The second-order valence-electron chi connectivity index (χ2n) is 4.68. The van der Waals surface area contributed by atoms with Crippen molar-refractivity contribution in [2.45, 2.75) is 38.3 Å². The van der Waals surface area contributed by atoms with Crippen LogP contribution in [-0.4, -0.2) is 22.7 Å². The van der Waals surface area contributed by atoms with Crippen molar-refractivity contribution in [2.75, 3.05) is 6.54 Å². The lowest BCUT2D eigenvalue weighted by atomic mass is 9.97. The van der Waals surface area contributed by atoms with Crippen molar-refractivity contribution in [1.29, 1.82) is 0 Å². The van der Waals surface area contributed by atoms with Gasteiger partial charge in [-0.3, -0.25) is 4.98 Å². The second kappa shape index (κ2) is 3.91. The number of nitrogens with zero attached hydrogens (tertiary/aromatic N) is 1. The van der Waals surface area contributed by atoms with Crippen LogP contribution in [0.2, 0.25) is 0 Å². The Morgan fingerprint density at radius 2 is 2.27 bits per heavy atom. The van der Waals surface area contributed by atoms with Gasteiger partial charge in [-0.05, 0) is 32.3 Å². The monoisotopic (exact) mass is 206 g/mol. The molecule has 1 unspecified atom stereocenters. The minimum Gasteiger partial charge on any atom is -0.384 e. The Labute approximate surface area is 90.5 Å². The van der Waals surface area contributed by atoms with Crippen LogP contribution in [0.1, 0.15) is 30.9 Å². The molecule has 1 fully saturated rings. The zero-order valence-electron chi connectivity index (χ0n) is 9.33. The van der Waals surface area contributed by atoms with Crippen LogP contribution in [-0.2, 0) is 5.60 Å². The molecule has 1 aromatic heterocycles. The predicted molar refractivity (Wildman–Crippen MR) is 59.6 cm³/mol. The average molecular weight is 206 g/mol. The van der Waals surface area contributed by atoms with Gasteiger partial charge in [-0.25, -0.2) is 0 Å². The summed E-state index contributed by atoms with van der Waals surface area (Å²) in [6, 6.07) is 2.61. The first-order valence-corrected chi connectivity index (χ1v) is 5.46. The van der Waals surface area contributed by atoms with E-state index in [0.29, 0.717) is 12.6 Å². The molecular weight excluding hydrogens is 188 g/mol. The fraction of sp³-hybridized carbons (Fsp3) is 0.583. The molecule has 0 amide bonds. The summed E-state index contributed by atoms with van der Waals surface area (Å²) in [4.78, 5) is 4.11. The van der Waals surface area contributed by atoms with Crippen LogP contribution in [0.25, 0.3) is 0 Å². The molecule has 82 valence electrons. The number of rotatable bonds is 4. The van der Waals surface area contributed by atoms with Crippen molar-refractivity contribution in [3.05, 3.63) is 29.6 Å². The molecule has 1 aliphatic carbocycles. The molecule has 0 saturated heterocycles. The van der Waals surface area contributed by atoms with Crippen LogP contribution in [0.3, 0.4) is 0 Å². The van der Waals surface area contributed by atoms with Gasteiger partial charge < -0.3 is 10.4 Å². The predicted octanol–water partition coefficient (Wildman–Crippen LogP) is 1.35. The average Bonchev–Trinajstić information content (AvgIpc) is 2.98. The lowest BCUT2D eigenvalue weighted by molar-refractivity contribution is 0.0562. The van der Waals surface area contributed by atoms with Crippen LogP contribution in [0.4, 0.5) is 0 Å². The van der Waals surface area contributed by atoms with E-state index in [0.717, 1.165) is 11.1 Å². The normalized spacial score (nSPS) is 19.9. The van der Waals surface area contributed by atoms with Crippen molar-refractivity contribution in [2.24, 2.45) is 0 Å². The number of hydrogen-bond donors (Lipinski definition) is 2. The summed E-state index contributed by atoms with van der Waals surface area (Å²) in [6.07, 6.45) is 6.01. The van der Waals surface area contributed by atoms with Crippen molar-refractivity contribution < 1.29 is 5.11 Å². The summed E-state index contributed by atoms with van der Waals surface area (Å²) < 4.78 is 0. The zero-order chi connectivity index (χ0) is 10.9. The van der Waals surface area contributed by atoms with Crippen LogP contribution < -0.4 is 5.32 Å². The molecule has 1 aliphatic rings. The molecule has 0 spiro atoms. The summed E-state index contributed by atoms with van der Waals surface area (Å²) in [7, 11) is 0. The molecule has 1 aromatic rings. The number of hydrogen-bond acceptors (Lipinski definition) is 3. The molecule has 1 heterocycles. The molecule has 3 nitrogen and oxygen atoms in total. The van der Waals surface area contributed by atoms with Gasteiger partial charge in [0.2, 0.25) is 0 Å². The third kappa shape index (κ3) is 2.76. The van der Waals surface area contributed by atoms with Crippen LogP contribution in [0.15, 0.2) is 18.5 Å². The third-order valence-corrected chi connectivity index (χ3v) is 2.81. The standard InChI is InChI=1S/C12H18N2O/c1-9-5-10(7-13-6-9)12(2,15)8-14-11-3-4-11/h5-7,11,14-15H,3-4,8H2,1-2H3. The van der Waals surface area contributed by atoms with E-state index in [2.05, 4.69) is 10.3 Å². The van der Waals surface area contributed by atoms with Crippen molar-refractivity contribution in [1.82, 2.24) is 10.3 Å². The SMILES string of the molecule is Cc1cncc(C(C)(O)CNC2CC2)c1. The van der Waals surface area contributed by atoms with E-state index in [-0.39, 0.29) is 0 Å². The fourth-order valence-corrected chi connectivity index (χ4v) is 1.58. The zero-order valence-corrected chi connectivity index (χ0v) is 9.33. The molecule has 15 heavy (non-hydrogen) atoms. The van der Waals surface area contributed by atoms with Crippen molar-refractivity contribution in [3.63, 3.8) is 0 Å². The van der Waals surface area contributed by atoms with E-state index >= 15 is 0 Å². The Bertz CT molecular complexity index is 345. The lowest BCUT2D eigenvalue weighted by Gasteiger charge is -2.24. The van der Waals surface area contributed by atoms with Gasteiger partial charge in [0, 0.05) is 30.5 Å². The van der Waals surface area contributed by atoms with Crippen LogP contribution in [0.5, 0.6) is 0 Å². The second-order valence-corrected chi connectivity index (χ2v) is 4.68. The Balaban J connectivity index is 2.05. The molecule has 2 rings (SSSR count). The summed E-state index contributed by atoms with van der Waals surface area (Å²) >= 11 is 0. The highest BCUT2D eigenvalue weighted by Crippen LogP contribution is 2.23. The van der Waals surface area contributed by atoms with Crippen molar-refractivity contribution in [3.8, 4) is 0 Å². The Morgan fingerprint density at radius 3 is 2.87 bits per heavy atom. The highest BCUT2D eigenvalue weighted by molar-refractivity contribution is 5.22. The molecule has 0 aromatic carbocycles. The van der Waals surface area contributed by atoms with Gasteiger partial charge in [0.1, 0.15) is 5.60 Å². The van der Waals surface area contributed by atoms with Gasteiger partial charge in [-0.1, -0.05) is 6.07 Å². The quantitative estimate of drug-likeness (QED) is 0.781. The first-order chi connectivity index (χ1) is 7.08. The molecule has 0 bridgehead atoms. The summed E-state index contributed by atoms with van der Waals surface area (Å²) in [5.41, 5.74) is 1.15. The van der Waals surface area contributed by atoms with Crippen molar-refractivity contribution >= 4 is 0 Å². The maximum absolute atomic E-state index is 10.3. The highest BCUT2D eigenvalue weighted by Gasteiger charge is 2.28. The van der Waals surface area contributed by atoms with E-state index in [4.69, 9.17) is 0 Å². The van der Waals surface area contributed by atoms with E-state index in [1.54, 1.807) is 12.4 Å². The summed E-state index contributed by atoms with van der Waals surface area (Å²) in [5, 5.41) is 13.6. The largest absolute Gasteiger partial charge is 0.384 e. The van der Waals surface area contributed by atoms with E-state index in [1.165, 1.54) is 12.8 Å². The minimum absolute atomic E-state index is 0.600. The minimum atomic E-state index is -0.818. The molecule has 1 saturated carbocycles. The maximum atomic E-state index is 10.3. The number of aliphatic hydroxyl groups is 1. The molecule has 1 atom stereocenters. The Morgan fingerprint density at radius 1 is 1.53 bits per heavy atom. The molecule has 3 heteroatoms. The molecule has 2 N–H and O–H groups in total. The molecule has 0 aliphatic heterocycles. The highest BCUT2D eigenvalue weighted by atomic mass is 16.3. The number of aromatic nitrogens is 1. The molecular formula is C12H18N2O. The Hall–Kier alpha value is -0.930.